The van der Waals surface area contributed by atoms with Gasteiger partial charge in [-0.15, -0.1) is 0 Å². The molecule has 4 nitrogen and oxygen atoms in total. The molecule has 0 aliphatic rings. The fourth-order valence-electron chi connectivity index (χ4n) is 2.03. The fourth-order valence-corrected chi connectivity index (χ4v) is 2.03. The van der Waals surface area contributed by atoms with Gasteiger partial charge in [0.05, 0.1) is 24.7 Å². The lowest BCUT2D eigenvalue weighted by molar-refractivity contribution is 0.413. The Balaban J connectivity index is 1.87. The highest BCUT2D eigenvalue weighted by Crippen LogP contribution is 2.23. The highest BCUT2D eigenvalue weighted by molar-refractivity contribution is 5.66. The highest BCUT2D eigenvalue weighted by atomic mass is 19.1. The van der Waals surface area contributed by atoms with E-state index in [1.54, 1.807) is 37.7 Å². The van der Waals surface area contributed by atoms with Crippen LogP contribution in [0.4, 0.5) is 15.9 Å². The number of hydrogen-bond donors (Lipinski definition) is 1. The minimum atomic E-state index is -0.322. The number of ether oxygens (including phenoxy) is 1. The van der Waals surface area contributed by atoms with Crippen LogP contribution in [0.5, 0.6) is 5.75 Å². The summed E-state index contributed by atoms with van der Waals surface area (Å²) in [5.74, 6) is 0.931. The van der Waals surface area contributed by atoms with E-state index in [1.807, 2.05) is 24.3 Å². The van der Waals surface area contributed by atoms with E-state index in [9.17, 15) is 4.39 Å². The summed E-state index contributed by atoms with van der Waals surface area (Å²) in [6, 6.07) is 13.8. The maximum Gasteiger partial charge on any atom is 0.146 e. The van der Waals surface area contributed by atoms with Crippen LogP contribution >= 0.6 is 0 Å². The Morgan fingerprint density at radius 2 is 1.91 bits per heavy atom. The standard InChI is InChI=1S/C17H14FN3O/c1-22-13-6-7-15(20-11-13)12-8-9-19-17(10-12)21-16-5-3-2-4-14(16)18/h2-11H,1H3,(H,19,21). The second-order valence-corrected chi connectivity index (χ2v) is 4.62. The monoisotopic (exact) mass is 295 g/mol. The fraction of sp³-hybridized carbons (Fsp3) is 0.0588. The zero-order valence-corrected chi connectivity index (χ0v) is 12.0. The number of para-hydroxylation sites is 1. The Labute approximate surface area is 127 Å². The summed E-state index contributed by atoms with van der Waals surface area (Å²) >= 11 is 0. The summed E-state index contributed by atoms with van der Waals surface area (Å²) in [4.78, 5) is 8.54. The van der Waals surface area contributed by atoms with Gasteiger partial charge in [0.25, 0.3) is 0 Å². The molecule has 0 radical (unpaired) electrons. The van der Waals surface area contributed by atoms with Crippen molar-refractivity contribution in [2.75, 3.05) is 12.4 Å². The molecule has 0 bridgehead atoms. The molecule has 0 saturated heterocycles. The molecule has 0 aliphatic heterocycles. The van der Waals surface area contributed by atoms with Crippen molar-refractivity contribution in [1.82, 2.24) is 9.97 Å². The van der Waals surface area contributed by atoms with Crippen LogP contribution in [-0.2, 0) is 0 Å². The van der Waals surface area contributed by atoms with Crippen molar-refractivity contribution in [3.05, 3.63) is 66.7 Å². The van der Waals surface area contributed by atoms with Gasteiger partial charge >= 0.3 is 0 Å². The van der Waals surface area contributed by atoms with Gasteiger partial charge in [0.1, 0.15) is 17.4 Å². The van der Waals surface area contributed by atoms with Crippen molar-refractivity contribution >= 4 is 11.5 Å². The molecular formula is C17H14FN3O. The molecule has 5 heteroatoms. The van der Waals surface area contributed by atoms with Crippen LogP contribution in [-0.4, -0.2) is 17.1 Å². The number of aromatic nitrogens is 2. The molecule has 22 heavy (non-hydrogen) atoms. The molecule has 1 N–H and O–H groups in total. The normalized spacial score (nSPS) is 10.3. The van der Waals surface area contributed by atoms with Crippen molar-refractivity contribution < 1.29 is 9.13 Å². The molecule has 3 rings (SSSR count). The SMILES string of the molecule is COc1ccc(-c2ccnc(Nc3ccccc3F)c2)nc1. The first kappa shape index (κ1) is 14.0. The van der Waals surface area contributed by atoms with Gasteiger partial charge in [0, 0.05) is 11.8 Å². The number of pyridine rings is 2. The van der Waals surface area contributed by atoms with E-state index in [-0.39, 0.29) is 5.82 Å². The molecule has 0 saturated carbocycles. The third-order valence-electron chi connectivity index (χ3n) is 3.16. The van der Waals surface area contributed by atoms with Crippen LogP contribution < -0.4 is 10.1 Å². The Kier molecular flexibility index (Phi) is 3.96. The Morgan fingerprint density at radius 1 is 1.05 bits per heavy atom. The molecule has 110 valence electrons. The first-order valence-electron chi connectivity index (χ1n) is 6.74. The molecular weight excluding hydrogens is 281 g/mol. The molecule has 0 atom stereocenters. The Bertz CT molecular complexity index is 775. The summed E-state index contributed by atoms with van der Waals surface area (Å²) in [6.45, 7) is 0. The number of halogens is 1. The minimum absolute atomic E-state index is 0.322. The Hall–Kier alpha value is -2.95. The lowest BCUT2D eigenvalue weighted by Crippen LogP contribution is -1.96. The van der Waals surface area contributed by atoms with Gasteiger partial charge in [0.15, 0.2) is 0 Å². The van der Waals surface area contributed by atoms with Gasteiger partial charge in [-0.1, -0.05) is 12.1 Å². The van der Waals surface area contributed by atoms with E-state index in [4.69, 9.17) is 4.74 Å². The van der Waals surface area contributed by atoms with Crippen molar-refractivity contribution in [2.45, 2.75) is 0 Å². The molecule has 1 aromatic carbocycles. The van der Waals surface area contributed by atoms with E-state index in [1.165, 1.54) is 6.07 Å². The maximum atomic E-state index is 13.7. The summed E-state index contributed by atoms with van der Waals surface area (Å²) in [6.07, 6.45) is 3.31. The van der Waals surface area contributed by atoms with Gasteiger partial charge < -0.3 is 10.1 Å². The average molecular weight is 295 g/mol. The number of methoxy groups -OCH3 is 1. The predicted octanol–water partition coefficient (Wildman–Crippen LogP) is 4.03. The third kappa shape index (κ3) is 3.03. The summed E-state index contributed by atoms with van der Waals surface area (Å²) in [5, 5.41) is 2.97. The summed E-state index contributed by atoms with van der Waals surface area (Å²) in [7, 11) is 1.60. The molecule has 2 aromatic heterocycles. The first-order valence-corrected chi connectivity index (χ1v) is 6.74. The lowest BCUT2D eigenvalue weighted by Gasteiger charge is -2.08. The van der Waals surface area contributed by atoms with Crippen LogP contribution in [0, 0.1) is 5.82 Å². The number of hydrogen-bond acceptors (Lipinski definition) is 4. The van der Waals surface area contributed by atoms with Crippen molar-refractivity contribution in [2.24, 2.45) is 0 Å². The van der Waals surface area contributed by atoms with E-state index in [0.717, 1.165) is 11.3 Å². The molecule has 0 spiro atoms. The quantitative estimate of drug-likeness (QED) is 0.789. The molecule has 0 fully saturated rings. The number of anilines is 2. The second kappa shape index (κ2) is 6.22. The van der Waals surface area contributed by atoms with Crippen LogP contribution in [0.25, 0.3) is 11.3 Å². The summed E-state index contributed by atoms with van der Waals surface area (Å²) < 4.78 is 18.8. The second-order valence-electron chi connectivity index (χ2n) is 4.62. The molecule has 0 unspecified atom stereocenters. The van der Waals surface area contributed by atoms with Crippen LogP contribution in [0.1, 0.15) is 0 Å². The number of nitrogens with zero attached hydrogens (tertiary/aromatic N) is 2. The smallest absolute Gasteiger partial charge is 0.146 e. The molecule has 2 heterocycles. The topological polar surface area (TPSA) is 47.0 Å². The summed E-state index contributed by atoms with van der Waals surface area (Å²) in [5.41, 5.74) is 2.06. The van der Waals surface area contributed by atoms with Gasteiger partial charge in [0.2, 0.25) is 0 Å². The Morgan fingerprint density at radius 3 is 2.64 bits per heavy atom. The zero-order valence-electron chi connectivity index (χ0n) is 12.0. The van der Waals surface area contributed by atoms with E-state index in [0.29, 0.717) is 17.3 Å². The number of benzene rings is 1. The van der Waals surface area contributed by atoms with E-state index < -0.39 is 0 Å². The zero-order chi connectivity index (χ0) is 15.4. The third-order valence-corrected chi connectivity index (χ3v) is 3.16. The lowest BCUT2D eigenvalue weighted by atomic mass is 10.1. The largest absolute Gasteiger partial charge is 0.495 e. The minimum Gasteiger partial charge on any atom is -0.495 e. The predicted molar refractivity (Wildman–Crippen MR) is 83.7 cm³/mol. The van der Waals surface area contributed by atoms with E-state index in [2.05, 4.69) is 15.3 Å². The number of rotatable bonds is 4. The van der Waals surface area contributed by atoms with Crippen molar-refractivity contribution in [1.29, 1.82) is 0 Å². The number of nitrogens with one attached hydrogen (secondary N) is 1. The maximum absolute atomic E-state index is 13.7. The molecule has 0 amide bonds. The molecule has 3 aromatic rings. The first-order chi connectivity index (χ1) is 10.8. The van der Waals surface area contributed by atoms with Crippen LogP contribution in [0.3, 0.4) is 0 Å². The van der Waals surface area contributed by atoms with Crippen LogP contribution in [0.2, 0.25) is 0 Å². The van der Waals surface area contributed by atoms with Crippen molar-refractivity contribution in [3.8, 4) is 17.0 Å². The van der Waals surface area contributed by atoms with Gasteiger partial charge in [-0.2, -0.15) is 0 Å². The van der Waals surface area contributed by atoms with Crippen molar-refractivity contribution in [3.63, 3.8) is 0 Å². The van der Waals surface area contributed by atoms with Gasteiger partial charge in [-0.05, 0) is 36.4 Å². The van der Waals surface area contributed by atoms with Gasteiger partial charge in [-0.3, -0.25) is 4.98 Å². The average Bonchev–Trinajstić information content (AvgIpc) is 2.57. The van der Waals surface area contributed by atoms with Gasteiger partial charge in [-0.25, -0.2) is 9.37 Å². The highest BCUT2D eigenvalue weighted by Gasteiger charge is 2.05. The molecule has 0 aliphatic carbocycles. The van der Waals surface area contributed by atoms with Crippen LogP contribution in [0.15, 0.2) is 60.9 Å². The van der Waals surface area contributed by atoms with E-state index >= 15 is 0 Å².